The summed E-state index contributed by atoms with van der Waals surface area (Å²) < 4.78 is 6.26. The third-order valence-electron chi connectivity index (χ3n) is 6.45. The van der Waals surface area contributed by atoms with Gasteiger partial charge in [0.1, 0.15) is 0 Å². The summed E-state index contributed by atoms with van der Waals surface area (Å²) in [5, 5.41) is 15.6. The van der Waals surface area contributed by atoms with Crippen LogP contribution in [-0.2, 0) is 16.0 Å². The Morgan fingerprint density at radius 3 is 2.55 bits per heavy atom. The van der Waals surface area contributed by atoms with Gasteiger partial charge in [-0.15, -0.1) is 0 Å². The number of hydrogen-bond acceptors (Lipinski definition) is 5. The Hall–Kier alpha value is -1.25. The summed E-state index contributed by atoms with van der Waals surface area (Å²) in [6, 6.07) is 7.97. The SMILES string of the molecule is C[C@@H]1[C@@H]([Si](C)(C)O)[C@H](CCO)O[C@@H]1CCc1ccc(NC(=O)[C@H]2CCCN2)cc1. The van der Waals surface area contributed by atoms with Crippen molar-refractivity contribution in [3.05, 3.63) is 29.8 Å². The van der Waals surface area contributed by atoms with Crippen molar-refractivity contribution < 1.29 is 19.4 Å². The van der Waals surface area contributed by atoms with Gasteiger partial charge in [-0.25, -0.2) is 0 Å². The van der Waals surface area contributed by atoms with Gasteiger partial charge in [0.15, 0.2) is 8.32 Å². The fraction of sp³-hybridized carbons (Fsp3) is 0.682. The molecule has 5 atom stereocenters. The smallest absolute Gasteiger partial charge is 0.241 e. The van der Waals surface area contributed by atoms with E-state index in [1.807, 2.05) is 25.2 Å². The third kappa shape index (κ3) is 5.67. The van der Waals surface area contributed by atoms with Gasteiger partial charge in [0.05, 0.1) is 18.2 Å². The summed E-state index contributed by atoms with van der Waals surface area (Å²) >= 11 is 0. The Labute approximate surface area is 175 Å². The fourth-order valence-corrected chi connectivity index (χ4v) is 7.66. The molecule has 2 saturated heterocycles. The molecule has 1 amide bonds. The Balaban J connectivity index is 1.53. The van der Waals surface area contributed by atoms with Crippen LogP contribution >= 0.6 is 0 Å². The zero-order valence-electron chi connectivity index (χ0n) is 17.9. The van der Waals surface area contributed by atoms with Gasteiger partial charge in [-0.05, 0) is 75.4 Å². The number of carbonyl (C=O) groups excluding carboxylic acids is 1. The van der Waals surface area contributed by atoms with Crippen LogP contribution in [0.15, 0.2) is 24.3 Å². The Kier molecular flexibility index (Phi) is 7.51. The van der Waals surface area contributed by atoms with Crippen molar-refractivity contribution >= 4 is 19.9 Å². The number of carbonyl (C=O) groups is 1. The van der Waals surface area contributed by atoms with E-state index in [2.05, 4.69) is 29.7 Å². The number of anilines is 1. The number of benzene rings is 1. The molecule has 2 aliphatic heterocycles. The molecule has 0 radical (unpaired) electrons. The molecule has 6 nitrogen and oxygen atoms in total. The van der Waals surface area contributed by atoms with Gasteiger partial charge < -0.3 is 25.3 Å². The number of hydrogen-bond donors (Lipinski definition) is 4. The summed E-state index contributed by atoms with van der Waals surface area (Å²) in [7, 11) is -2.35. The van der Waals surface area contributed by atoms with Gasteiger partial charge >= 0.3 is 0 Å². The molecule has 0 unspecified atom stereocenters. The molecule has 0 spiro atoms. The van der Waals surface area contributed by atoms with E-state index in [-0.39, 0.29) is 42.2 Å². The largest absolute Gasteiger partial charge is 0.432 e. The fourth-order valence-electron chi connectivity index (χ4n) is 5.01. The highest BCUT2D eigenvalue weighted by Gasteiger charge is 2.49. The van der Waals surface area contributed by atoms with E-state index >= 15 is 0 Å². The van der Waals surface area contributed by atoms with E-state index in [0.29, 0.717) is 6.42 Å². The van der Waals surface area contributed by atoms with Crippen molar-refractivity contribution in [1.29, 1.82) is 0 Å². The molecule has 2 fully saturated rings. The molecule has 2 aliphatic rings. The molecule has 0 saturated carbocycles. The number of aliphatic hydroxyl groups excluding tert-OH is 1. The Morgan fingerprint density at radius 2 is 1.97 bits per heavy atom. The zero-order valence-corrected chi connectivity index (χ0v) is 18.9. The molecule has 1 aromatic rings. The van der Waals surface area contributed by atoms with E-state index in [9.17, 15) is 14.7 Å². The number of rotatable bonds is 8. The highest BCUT2D eigenvalue weighted by molar-refractivity contribution is 6.71. The van der Waals surface area contributed by atoms with Gasteiger partial charge in [-0.3, -0.25) is 4.79 Å². The van der Waals surface area contributed by atoms with Gasteiger partial charge in [0.2, 0.25) is 5.91 Å². The lowest BCUT2D eigenvalue weighted by molar-refractivity contribution is -0.117. The molecule has 0 aromatic heterocycles. The molecule has 0 bridgehead atoms. The molecular weight excluding hydrogens is 384 g/mol. The maximum absolute atomic E-state index is 12.2. The van der Waals surface area contributed by atoms with Crippen molar-refractivity contribution in [2.24, 2.45) is 5.92 Å². The van der Waals surface area contributed by atoms with E-state index in [4.69, 9.17) is 4.74 Å². The first-order valence-electron chi connectivity index (χ1n) is 10.9. The first-order chi connectivity index (χ1) is 13.8. The first kappa shape index (κ1) is 22.4. The van der Waals surface area contributed by atoms with Crippen LogP contribution in [0.25, 0.3) is 0 Å². The van der Waals surface area contributed by atoms with Crippen molar-refractivity contribution in [2.45, 2.75) is 75.9 Å². The predicted octanol–water partition coefficient (Wildman–Crippen LogP) is 2.66. The number of amides is 1. The number of ether oxygens (including phenoxy) is 1. The molecule has 1 aromatic carbocycles. The van der Waals surface area contributed by atoms with Gasteiger partial charge in [-0.2, -0.15) is 0 Å². The van der Waals surface area contributed by atoms with Crippen LogP contribution in [0.5, 0.6) is 0 Å². The third-order valence-corrected chi connectivity index (χ3v) is 8.98. The average molecular weight is 421 g/mol. The molecule has 2 heterocycles. The zero-order chi connectivity index (χ0) is 21.0. The average Bonchev–Trinajstić information content (AvgIpc) is 3.29. The number of nitrogens with one attached hydrogen (secondary N) is 2. The predicted molar refractivity (Wildman–Crippen MR) is 117 cm³/mol. The lowest BCUT2D eigenvalue weighted by atomic mass is 9.95. The second-order valence-corrected chi connectivity index (χ2v) is 13.1. The molecule has 162 valence electrons. The van der Waals surface area contributed by atoms with Gasteiger partial charge in [0, 0.05) is 17.8 Å². The van der Waals surface area contributed by atoms with Crippen molar-refractivity contribution in [3.63, 3.8) is 0 Å². The molecule has 29 heavy (non-hydrogen) atoms. The summed E-state index contributed by atoms with van der Waals surface area (Å²) in [6.45, 7) is 7.12. The summed E-state index contributed by atoms with van der Waals surface area (Å²) in [4.78, 5) is 22.9. The van der Waals surface area contributed by atoms with E-state index in [1.165, 1.54) is 5.56 Å². The monoisotopic (exact) mass is 420 g/mol. The van der Waals surface area contributed by atoms with Crippen LogP contribution in [0, 0.1) is 5.92 Å². The summed E-state index contributed by atoms with van der Waals surface area (Å²) in [5.41, 5.74) is 2.19. The minimum Gasteiger partial charge on any atom is -0.432 e. The quantitative estimate of drug-likeness (QED) is 0.486. The molecule has 3 rings (SSSR count). The molecular formula is C22H36N2O4Si. The summed E-state index contributed by atoms with van der Waals surface area (Å²) in [6.07, 6.45) is 4.37. The molecule has 7 heteroatoms. The molecule has 4 N–H and O–H groups in total. The highest BCUT2D eigenvalue weighted by Crippen LogP contribution is 2.45. The second-order valence-electron chi connectivity index (χ2n) is 9.14. The minimum atomic E-state index is -2.35. The van der Waals surface area contributed by atoms with Crippen LogP contribution < -0.4 is 10.6 Å². The van der Waals surface area contributed by atoms with E-state index < -0.39 is 8.32 Å². The molecule has 0 aliphatic carbocycles. The van der Waals surface area contributed by atoms with Crippen LogP contribution in [0.4, 0.5) is 5.69 Å². The topological polar surface area (TPSA) is 90.8 Å². The van der Waals surface area contributed by atoms with Gasteiger partial charge in [-0.1, -0.05) is 19.1 Å². The van der Waals surface area contributed by atoms with Crippen molar-refractivity contribution in [3.8, 4) is 0 Å². The van der Waals surface area contributed by atoms with Crippen LogP contribution in [-0.4, -0.2) is 55.5 Å². The Morgan fingerprint density at radius 1 is 1.24 bits per heavy atom. The van der Waals surface area contributed by atoms with Crippen LogP contribution in [0.2, 0.25) is 18.6 Å². The Bertz CT molecular complexity index is 670. The lowest BCUT2D eigenvalue weighted by Crippen LogP contribution is -2.40. The normalized spacial score (nSPS) is 29.9. The first-order valence-corrected chi connectivity index (χ1v) is 13.9. The van der Waals surface area contributed by atoms with E-state index in [1.54, 1.807) is 0 Å². The lowest BCUT2D eigenvalue weighted by Gasteiger charge is -2.30. The van der Waals surface area contributed by atoms with Crippen molar-refractivity contribution in [1.82, 2.24) is 5.32 Å². The minimum absolute atomic E-state index is 0.0418. The second kappa shape index (κ2) is 9.70. The summed E-state index contributed by atoms with van der Waals surface area (Å²) in [5.74, 6) is 0.330. The number of aliphatic hydroxyl groups is 1. The van der Waals surface area contributed by atoms with Crippen LogP contribution in [0.3, 0.4) is 0 Å². The maximum atomic E-state index is 12.2. The van der Waals surface area contributed by atoms with E-state index in [0.717, 1.165) is 37.9 Å². The number of aryl methyl sites for hydroxylation is 1. The van der Waals surface area contributed by atoms with Crippen molar-refractivity contribution in [2.75, 3.05) is 18.5 Å². The standard InChI is InChI=1S/C22H36N2O4Si/c1-15-19(28-20(12-14-25)21(15)29(2,3)27)11-8-16-6-9-17(10-7-16)24-22(26)18-5-4-13-23-18/h6-7,9-10,15,18-21,23,25,27H,4-5,8,11-14H2,1-3H3,(H,24,26)/t15-,18+,19+,20-,21+/m0/s1. The highest BCUT2D eigenvalue weighted by atomic mass is 28.4. The van der Waals surface area contributed by atoms with Gasteiger partial charge in [0.25, 0.3) is 0 Å². The van der Waals surface area contributed by atoms with Crippen LogP contribution in [0.1, 0.15) is 38.2 Å². The maximum Gasteiger partial charge on any atom is 0.241 e.